The number of ether oxygens (including phenoxy) is 1. The number of hydrogen-bond acceptors (Lipinski definition) is 4. The van der Waals surface area contributed by atoms with E-state index >= 15 is 0 Å². The highest BCUT2D eigenvalue weighted by Gasteiger charge is 2.39. The molecule has 2 fully saturated rings. The monoisotopic (exact) mass is 318 g/mol. The molecule has 2 aliphatic rings. The number of hydrogen-bond donors (Lipinski definition) is 1. The van der Waals surface area contributed by atoms with E-state index < -0.39 is 0 Å². The molecule has 6 nitrogen and oxygen atoms in total. The Balaban J connectivity index is 1.65. The first kappa shape index (κ1) is 16.1. The Morgan fingerprint density at radius 3 is 2.83 bits per heavy atom. The van der Waals surface area contributed by atoms with Crippen molar-refractivity contribution in [2.75, 3.05) is 45.7 Å². The van der Waals surface area contributed by atoms with Gasteiger partial charge in [-0.25, -0.2) is 9.78 Å². The summed E-state index contributed by atoms with van der Waals surface area (Å²) < 4.78 is 5.25. The fraction of sp³-hybridized carbons (Fsp3) is 0.647. The third kappa shape index (κ3) is 3.58. The van der Waals surface area contributed by atoms with Crippen LogP contribution in [0, 0.1) is 5.41 Å². The van der Waals surface area contributed by atoms with Crippen LogP contribution in [0.4, 0.5) is 10.6 Å². The molecule has 0 radical (unpaired) electrons. The molecule has 126 valence electrons. The van der Waals surface area contributed by atoms with Crippen molar-refractivity contribution in [2.24, 2.45) is 5.41 Å². The first-order valence-corrected chi connectivity index (χ1v) is 8.35. The minimum atomic E-state index is -0.0694. The molecule has 0 aromatic carbocycles. The van der Waals surface area contributed by atoms with E-state index in [1.54, 1.807) is 25.4 Å². The summed E-state index contributed by atoms with van der Waals surface area (Å²) in [6.45, 7) is 3.92. The Bertz CT molecular complexity index is 555. The Labute approximate surface area is 137 Å². The Morgan fingerprint density at radius 2 is 2.09 bits per heavy atom. The van der Waals surface area contributed by atoms with Gasteiger partial charge in [0.25, 0.3) is 0 Å². The van der Waals surface area contributed by atoms with Crippen molar-refractivity contribution >= 4 is 11.8 Å². The lowest BCUT2D eigenvalue weighted by atomic mass is 9.72. The molecule has 3 heterocycles. The maximum atomic E-state index is 12.6. The van der Waals surface area contributed by atoms with Gasteiger partial charge in [-0.05, 0) is 63.4 Å². The van der Waals surface area contributed by atoms with E-state index in [1.807, 2.05) is 4.90 Å². The predicted molar refractivity (Wildman–Crippen MR) is 89.8 cm³/mol. The van der Waals surface area contributed by atoms with Crippen molar-refractivity contribution in [2.45, 2.75) is 25.7 Å². The molecular weight excluding hydrogens is 292 g/mol. The predicted octanol–water partition coefficient (Wildman–Crippen LogP) is 2.43. The summed E-state index contributed by atoms with van der Waals surface area (Å²) in [4.78, 5) is 21.2. The van der Waals surface area contributed by atoms with Gasteiger partial charge in [0.05, 0.1) is 7.11 Å². The first-order chi connectivity index (χ1) is 11.1. The van der Waals surface area contributed by atoms with Crippen LogP contribution in [-0.2, 0) is 0 Å². The molecule has 23 heavy (non-hydrogen) atoms. The van der Waals surface area contributed by atoms with Crippen molar-refractivity contribution in [3.8, 4) is 5.75 Å². The number of likely N-dealkylation sites (tertiary alicyclic amines) is 2. The number of amides is 2. The van der Waals surface area contributed by atoms with Crippen LogP contribution in [0.5, 0.6) is 5.75 Å². The normalized spacial score (nSPS) is 21.2. The van der Waals surface area contributed by atoms with Gasteiger partial charge in [0.1, 0.15) is 0 Å². The van der Waals surface area contributed by atoms with Crippen molar-refractivity contribution in [1.29, 1.82) is 0 Å². The molecule has 2 saturated heterocycles. The molecule has 0 aliphatic carbocycles. The summed E-state index contributed by atoms with van der Waals surface area (Å²) in [5.41, 5.74) is 0.302. The standard InChI is InChI=1S/C17H26N4O2/c1-20-11-7-17(8-12-20)6-4-10-21(13-17)16(22)19-15-14(23-2)5-3-9-18-15/h3,5,9H,4,6-8,10-13H2,1-2H3,(H,18,19,22). The summed E-state index contributed by atoms with van der Waals surface area (Å²) in [5.74, 6) is 1.08. The van der Waals surface area contributed by atoms with Crippen LogP contribution in [0.25, 0.3) is 0 Å². The fourth-order valence-corrected chi connectivity index (χ4v) is 3.71. The third-order valence-electron chi connectivity index (χ3n) is 5.21. The number of carbonyl (C=O) groups excluding carboxylic acids is 1. The second-order valence-electron chi connectivity index (χ2n) is 6.81. The topological polar surface area (TPSA) is 57.7 Å². The summed E-state index contributed by atoms with van der Waals surface area (Å²) in [5, 5.41) is 2.90. The van der Waals surface area contributed by atoms with E-state index in [2.05, 4.69) is 22.2 Å². The molecule has 1 spiro atoms. The largest absolute Gasteiger partial charge is 0.493 e. The zero-order valence-corrected chi connectivity index (χ0v) is 14.0. The lowest BCUT2D eigenvalue weighted by Crippen LogP contribution is -2.51. The van der Waals surface area contributed by atoms with Gasteiger partial charge in [-0.15, -0.1) is 0 Å². The van der Waals surface area contributed by atoms with E-state index in [9.17, 15) is 4.79 Å². The van der Waals surface area contributed by atoms with Crippen LogP contribution in [0.1, 0.15) is 25.7 Å². The zero-order valence-electron chi connectivity index (χ0n) is 14.0. The van der Waals surface area contributed by atoms with Gasteiger partial charge >= 0.3 is 6.03 Å². The lowest BCUT2D eigenvalue weighted by molar-refractivity contribution is 0.0486. The number of urea groups is 1. The Hall–Kier alpha value is -1.82. The van der Waals surface area contributed by atoms with Gasteiger partial charge in [-0.1, -0.05) is 0 Å². The molecule has 0 bridgehead atoms. The molecule has 1 N–H and O–H groups in total. The number of rotatable bonds is 2. The van der Waals surface area contributed by atoms with Gasteiger partial charge < -0.3 is 14.5 Å². The number of methoxy groups -OCH3 is 1. The zero-order chi connectivity index (χ0) is 16.3. The number of aromatic nitrogens is 1. The molecule has 2 amide bonds. The molecule has 1 aromatic rings. The Morgan fingerprint density at radius 1 is 1.30 bits per heavy atom. The van der Waals surface area contributed by atoms with Gasteiger partial charge in [-0.3, -0.25) is 5.32 Å². The van der Waals surface area contributed by atoms with Gasteiger partial charge in [-0.2, -0.15) is 0 Å². The summed E-state index contributed by atoms with van der Waals surface area (Å²) in [7, 11) is 3.76. The Kier molecular flexibility index (Phi) is 4.71. The molecule has 6 heteroatoms. The quantitative estimate of drug-likeness (QED) is 0.910. The van der Waals surface area contributed by atoms with Crippen LogP contribution in [0.2, 0.25) is 0 Å². The first-order valence-electron chi connectivity index (χ1n) is 8.35. The van der Waals surface area contributed by atoms with Crippen LogP contribution in [0.3, 0.4) is 0 Å². The number of nitrogens with zero attached hydrogens (tertiary/aromatic N) is 3. The van der Waals surface area contributed by atoms with Gasteiger partial charge in [0.15, 0.2) is 11.6 Å². The summed E-state index contributed by atoms with van der Waals surface area (Å²) in [6, 6.07) is 3.53. The van der Waals surface area contributed by atoms with Gasteiger partial charge in [0.2, 0.25) is 0 Å². The average Bonchev–Trinajstić information content (AvgIpc) is 2.58. The van der Waals surface area contributed by atoms with Crippen LogP contribution in [-0.4, -0.2) is 61.2 Å². The number of nitrogens with one attached hydrogen (secondary N) is 1. The third-order valence-corrected chi connectivity index (χ3v) is 5.21. The van der Waals surface area contributed by atoms with Crippen LogP contribution < -0.4 is 10.1 Å². The maximum absolute atomic E-state index is 12.6. The number of carbonyl (C=O) groups is 1. The summed E-state index contributed by atoms with van der Waals surface area (Å²) >= 11 is 0. The molecule has 0 atom stereocenters. The molecule has 1 aromatic heterocycles. The second-order valence-corrected chi connectivity index (χ2v) is 6.81. The maximum Gasteiger partial charge on any atom is 0.323 e. The highest BCUT2D eigenvalue weighted by molar-refractivity contribution is 5.89. The lowest BCUT2D eigenvalue weighted by Gasteiger charge is -2.47. The number of piperidine rings is 2. The van der Waals surface area contributed by atoms with Crippen LogP contribution >= 0.6 is 0 Å². The highest BCUT2D eigenvalue weighted by Crippen LogP contribution is 2.39. The van der Waals surface area contributed by atoms with E-state index in [0.717, 1.165) is 32.6 Å². The fourth-order valence-electron chi connectivity index (χ4n) is 3.71. The minimum absolute atomic E-state index is 0.0694. The van der Waals surface area contributed by atoms with E-state index in [4.69, 9.17) is 4.74 Å². The molecule has 3 rings (SSSR count). The number of anilines is 1. The average molecular weight is 318 g/mol. The van der Waals surface area contributed by atoms with Gasteiger partial charge in [0, 0.05) is 19.3 Å². The second kappa shape index (κ2) is 6.74. The minimum Gasteiger partial charge on any atom is -0.493 e. The van der Waals surface area contributed by atoms with Crippen LogP contribution in [0.15, 0.2) is 18.3 Å². The van der Waals surface area contributed by atoms with E-state index in [1.165, 1.54) is 19.3 Å². The van der Waals surface area contributed by atoms with Crippen molar-refractivity contribution in [3.63, 3.8) is 0 Å². The molecule has 0 saturated carbocycles. The molecule has 2 aliphatic heterocycles. The summed E-state index contributed by atoms with van der Waals surface area (Å²) in [6.07, 6.45) is 6.33. The molecule has 0 unspecified atom stereocenters. The van der Waals surface area contributed by atoms with E-state index in [0.29, 0.717) is 17.0 Å². The smallest absolute Gasteiger partial charge is 0.323 e. The van der Waals surface area contributed by atoms with Crippen molar-refractivity contribution in [1.82, 2.24) is 14.8 Å². The SMILES string of the molecule is COc1cccnc1NC(=O)N1CCCC2(CCN(C)CC2)C1. The van der Waals surface area contributed by atoms with Crippen molar-refractivity contribution in [3.05, 3.63) is 18.3 Å². The van der Waals surface area contributed by atoms with E-state index in [-0.39, 0.29) is 6.03 Å². The number of pyridine rings is 1. The van der Waals surface area contributed by atoms with Crippen molar-refractivity contribution < 1.29 is 9.53 Å². The molecular formula is C17H26N4O2. The highest BCUT2D eigenvalue weighted by atomic mass is 16.5.